The predicted octanol–water partition coefficient (Wildman–Crippen LogP) is 5.70. The summed E-state index contributed by atoms with van der Waals surface area (Å²) < 4.78 is 5.07. The van der Waals surface area contributed by atoms with Crippen molar-refractivity contribution in [3.05, 3.63) is 0 Å². The van der Waals surface area contributed by atoms with Crippen LogP contribution in [0.4, 0.5) is 0 Å². The predicted molar refractivity (Wildman–Crippen MR) is 111 cm³/mol. The van der Waals surface area contributed by atoms with Gasteiger partial charge in [0.2, 0.25) is 0 Å². The third kappa shape index (κ3) is 5.08. The molecule has 3 nitrogen and oxygen atoms in total. The van der Waals surface area contributed by atoms with Crippen molar-refractivity contribution in [1.82, 2.24) is 0 Å². The Balaban J connectivity index is 2.47. The number of carbonyl (C=O) groups excluding carboxylic acids is 1. The lowest BCUT2D eigenvalue weighted by Gasteiger charge is -2.54. The molecule has 0 spiro atoms. The third-order valence-corrected chi connectivity index (χ3v) is 7.98. The van der Waals surface area contributed by atoms with Gasteiger partial charge in [0, 0.05) is 0 Å². The average molecular weight is 381 g/mol. The SMILES string of the molecule is COC(=O)CC(O)(C1CC(C)CCC1C(C)C)C1CC(C)CCC1C(C)C. The summed E-state index contributed by atoms with van der Waals surface area (Å²) in [5.74, 6) is 3.41. The number of rotatable bonds is 6. The van der Waals surface area contributed by atoms with Crippen LogP contribution in [0.2, 0.25) is 0 Å². The molecule has 0 amide bonds. The van der Waals surface area contributed by atoms with Gasteiger partial charge >= 0.3 is 5.97 Å². The quantitative estimate of drug-likeness (QED) is 0.601. The normalized spacial score (nSPS) is 37.3. The molecule has 1 N–H and O–H groups in total. The van der Waals surface area contributed by atoms with E-state index in [4.69, 9.17) is 4.74 Å². The van der Waals surface area contributed by atoms with Crippen molar-refractivity contribution in [2.45, 2.75) is 92.1 Å². The highest BCUT2D eigenvalue weighted by Crippen LogP contribution is 2.53. The number of methoxy groups -OCH3 is 1. The van der Waals surface area contributed by atoms with E-state index in [0.29, 0.717) is 35.5 Å². The monoisotopic (exact) mass is 380 g/mol. The van der Waals surface area contributed by atoms with Gasteiger partial charge in [0.25, 0.3) is 0 Å². The van der Waals surface area contributed by atoms with Gasteiger partial charge in [0.15, 0.2) is 0 Å². The van der Waals surface area contributed by atoms with E-state index in [-0.39, 0.29) is 24.2 Å². The number of hydrogen-bond donors (Lipinski definition) is 1. The molecule has 2 aliphatic carbocycles. The molecule has 0 bridgehead atoms. The number of hydrogen-bond acceptors (Lipinski definition) is 3. The molecule has 2 fully saturated rings. The Hall–Kier alpha value is -0.570. The molecule has 6 unspecified atom stereocenters. The summed E-state index contributed by atoms with van der Waals surface area (Å²) in [4.78, 5) is 12.4. The first-order chi connectivity index (χ1) is 12.6. The lowest BCUT2D eigenvalue weighted by atomic mass is 9.54. The number of ether oxygens (including phenoxy) is 1. The lowest BCUT2D eigenvalue weighted by molar-refractivity contribution is -0.173. The van der Waals surface area contributed by atoms with Crippen molar-refractivity contribution in [2.75, 3.05) is 7.11 Å². The second-order valence-electron chi connectivity index (χ2n) is 10.6. The van der Waals surface area contributed by atoms with E-state index in [0.717, 1.165) is 12.8 Å². The van der Waals surface area contributed by atoms with Crippen LogP contribution in [0.25, 0.3) is 0 Å². The van der Waals surface area contributed by atoms with Gasteiger partial charge in [-0.15, -0.1) is 0 Å². The summed E-state index contributed by atoms with van der Waals surface area (Å²) >= 11 is 0. The van der Waals surface area contributed by atoms with Crippen LogP contribution in [0.5, 0.6) is 0 Å². The molecular formula is C24H44O3. The van der Waals surface area contributed by atoms with Crippen LogP contribution in [0, 0.1) is 47.3 Å². The summed E-state index contributed by atoms with van der Waals surface area (Å²) in [6.07, 6.45) is 7.04. The minimum absolute atomic E-state index is 0.157. The third-order valence-electron chi connectivity index (χ3n) is 7.98. The summed E-state index contributed by atoms with van der Waals surface area (Å²) in [5.41, 5.74) is -0.944. The molecule has 3 heteroatoms. The minimum atomic E-state index is -0.944. The number of carbonyl (C=O) groups is 1. The Labute approximate surface area is 167 Å². The minimum Gasteiger partial charge on any atom is -0.469 e. The molecule has 0 aliphatic heterocycles. The molecule has 0 saturated heterocycles. The maximum atomic E-state index is 12.4. The zero-order chi connectivity index (χ0) is 20.4. The van der Waals surface area contributed by atoms with Crippen LogP contribution < -0.4 is 0 Å². The van der Waals surface area contributed by atoms with Gasteiger partial charge in [-0.3, -0.25) is 4.79 Å². The van der Waals surface area contributed by atoms with E-state index in [2.05, 4.69) is 41.5 Å². The van der Waals surface area contributed by atoms with E-state index in [1.54, 1.807) is 0 Å². The van der Waals surface area contributed by atoms with Crippen LogP contribution in [0.15, 0.2) is 0 Å². The van der Waals surface area contributed by atoms with Crippen LogP contribution >= 0.6 is 0 Å². The number of esters is 1. The topological polar surface area (TPSA) is 46.5 Å². The first kappa shape index (κ1) is 22.7. The summed E-state index contributed by atoms with van der Waals surface area (Å²) in [7, 11) is 1.45. The van der Waals surface area contributed by atoms with Crippen molar-refractivity contribution in [2.24, 2.45) is 47.3 Å². The molecule has 0 radical (unpaired) electrons. The molecule has 0 aromatic rings. The zero-order valence-electron chi connectivity index (χ0n) is 18.8. The second kappa shape index (κ2) is 9.29. The second-order valence-corrected chi connectivity index (χ2v) is 10.6. The van der Waals surface area contributed by atoms with Gasteiger partial charge in [0.1, 0.15) is 0 Å². The Morgan fingerprint density at radius 3 is 1.67 bits per heavy atom. The van der Waals surface area contributed by atoms with Crippen molar-refractivity contribution >= 4 is 5.97 Å². The zero-order valence-corrected chi connectivity index (χ0v) is 18.8. The van der Waals surface area contributed by atoms with Gasteiger partial charge in [-0.25, -0.2) is 0 Å². The fourth-order valence-corrected chi connectivity index (χ4v) is 6.39. The fourth-order valence-electron chi connectivity index (χ4n) is 6.39. The molecule has 0 aromatic heterocycles. The number of aliphatic hydroxyl groups is 1. The molecule has 0 heterocycles. The maximum absolute atomic E-state index is 12.4. The Kier molecular flexibility index (Phi) is 7.81. The van der Waals surface area contributed by atoms with E-state index in [1.807, 2.05) is 0 Å². The molecule has 2 saturated carbocycles. The van der Waals surface area contributed by atoms with E-state index in [9.17, 15) is 9.90 Å². The summed E-state index contributed by atoms with van der Waals surface area (Å²) in [6, 6.07) is 0. The molecule has 2 rings (SSSR count). The van der Waals surface area contributed by atoms with Crippen LogP contribution in [-0.2, 0) is 9.53 Å². The van der Waals surface area contributed by atoms with Gasteiger partial charge in [-0.05, 0) is 73.0 Å². The first-order valence-corrected chi connectivity index (χ1v) is 11.4. The summed E-state index contributed by atoms with van der Waals surface area (Å²) in [6.45, 7) is 13.8. The standard InChI is InChI=1S/C24H44O3/c1-15(2)19-10-8-17(5)12-21(19)24(26,14-23(25)27-7)22-13-18(6)9-11-20(22)16(3)4/h15-22,26H,8-14H2,1-7H3. The Morgan fingerprint density at radius 2 is 1.33 bits per heavy atom. The Bertz CT molecular complexity index is 452. The Morgan fingerprint density at radius 1 is 0.926 bits per heavy atom. The van der Waals surface area contributed by atoms with Gasteiger partial charge in [0.05, 0.1) is 19.1 Å². The van der Waals surface area contributed by atoms with Crippen molar-refractivity contribution in [1.29, 1.82) is 0 Å². The van der Waals surface area contributed by atoms with E-state index in [1.165, 1.54) is 32.8 Å². The van der Waals surface area contributed by atoms with Crippen molar-refractivity contribution in [3.63, 3.8) is 0 Å². The first-order valence-electron chi connectivity index (χ1n) is 11.4. The van der Waals surface area contributed by atoms with Gasteiger partial charge in [-0.2, -0.15) is 0 Å². The highest BCUT2D eigenvalue weighted by Gasteiger charge is 2.53. The molecule has 158 valence electrons. The highest BCUT2D eigenvalue weighted by molar-refractivity contribution is 5.70. The lowest BCUT2D eigenvalue weighted by Crippen LogP contribution is -2.56. The van der Waals surface area contributed by atoms with E-state index < -0.39 is 5.60 Å². The van der Waals surface area contributed by atoms with Crippen molar-refractivity contribution in [3.8, 4) is 0 Å². The highest BCUT2D eigenvalue weighted by atomic mass is 16.5. The molecule has 0 aromatic carbocycles. The average Bonchev–Trinajstić information content (AvgIpc) is 2.60. The van der Waals surface area contributed by atoms with Crippen LogP contribution in [-0.4, -0.2) is 23.8 Å². The molecule has 27 heavy (non-hydrogen) atoms. The van der Waals surface area contributed by atoms with Crippen molar-refractivity contribution < 1.29 is 14.6 Å². The summed E-state index contributed by atoms with van der Waals surface area (Å²) in [5, 5.41) is 12.3. The molecule has 2 aliphatic rings. The molecule has 6 atom stereocenters. The fraction of sp³-hybridized carbons (Fsp3) is 0.958. The maximum Gasteiger partial charge on any atom is 0.308 e. The van der Waals surface area contributed by atoms with Gasteiger partial charge in [-0.1, -0.05) is 54.4 Å². The molecular weight excluding hydrogens is 336 g/mol. The van der Waals surface area contributed by atoms with Gasteiger partial charge < -0.3 is 9.84 Å². The van der Waals surface area contributed by atoms with Crippen LogP contribution in [0.3, 0.4) is 0 Å². The largest absolute Gasteiger partial charge is 0.469 e. The van der Waals surface area contributed by atoms with E-state index >= 15 is 0 Å². The van der Waals surface area contributed by atoms with Crippen LogP contribution in [0.1, 0.15) is 86.5 Å². The smallest absolute Gasteiger partial charge is 0.308 e.